The van der Waals surface area contributed by atoms with E-state index in [1.807, 2.05) is 0 Å². The van der Waals surface area contributed by atoms with E-state index in [0.717, 1.165) is 0 Å². The molecule has 0 spiro atoms. The van der Waals surface area contributed by atoms with Crippen LogP contribution in [0.25, 0.3) is 0 Å². The summed E-state index contributed by atoms with van der Waals surface area (Å²) in [6.45, 7) is 0. The van der Waals surface area contributed by atoms with Crippen LogP contribution >= 0.6 is 0 Å². The van der Waals surface area contributed by atoms with E-state index in [9.17, 15) is 0 Å². The van der Waals surface area contributed by atoms with Gasteiger partial charge in [-0.05, 0) is 0 Å². The number of nitrogens with zero attached hydrogens (tertiary/aromatic N) is 1. The van der Waals surface area contributed by atoms with Crippen LogP contribution in [0.15, 0.2) is 5.34 Å². The van der Waals surface area contributed by atoms with Crippen LogP contribution in [0.3, 0.4) is 0 Å². The molecule has 0 rings (SSSR count). The molecule has 0 heterocycles. The molecule has 3 nitrogen and oxygen atoms in total. The minimum atomic E-state index is 0. The van der Waals surface area contributed by atoms with E-state index in [-0.39, 0.29) is 51.4 Å². The summed E-state index contributed by atoms with van der Waals surface area (Å²) >= 11 is 0. The summed E-state index contributed by atoms with van der Waals surface area (Å²) in [6, 6.07) is 0. The minimum absolute atomic E-state index is 0. The van der Waals surface area contributed by atoms with E-state index in [1.165, 1.54) is 5.34 Å². The van der Waals surface area contributed by atoms with Crippen LogP contribution in [-0.4, -0.2) is 56.6 Å². The van der Waals surface area contributed by atoms with Crippen LogP contribution in [0, 0.1) is 4.91 Å². The van der Waals surface area contributed by atoms with Gasteiger partial charge in [0.25, 0.3) is 0 Å². The summed E-state index contributed by atoms with van der Waals surface area (Å²) in [6.07, 6.45) is 0. The first-order chi connectivity index (χ1) is 1.41. The quantitative estimate of drug-likeness (QED) is 0.246. The molecule has 0 aliphatic heterocycles. The normalized spacial score (nSPS) is 3.00. The van der Waals surface area contributed by atoms with Gasteiger partial charge in [-0.15, -0.1) is 4.91 Å². The zero-order valence-corrected chi connectivity index (χ0v) is 1.30. The van der Waals surface area contributed by atoms with Crippen LogP contribution in [0.4, 0.5) is 0 Å². The van der Waals surface area contributed by atoms with E-state index in [0.29, 0.717) is 0 Å². The van der Waals surface area contributed by atoms with Crippen molar-refractivity contribution in [2.24, 2.45) is 5.34 Å². The molecule has 0 amide bonds. The Bertz CT molecular complexity index is 13.5. The van der Waals surface area contributed by atoms with Gasteiger partial charge in [-0.2, -0.15) is 0 Å². The van der Waals surface area contributed by atoms with Gasteiger partial charge in [0.1, 0.15) is 0 Å². The Balaban J connectivity index is 0. The predicted octanol–water partition coefficient (Wildman–Crippen LogP) is -0.506. The Morgan fingerprint density at radius 1 is 1.75 bits per heavy atom. The molecule has 0 unspecified atom stereocenters. The molecule has 4 heteroatoms. The molecule has 0 atom stereocenters. The van der Waals surface area contributed by atoms with Gasteiger partial charge >= 0.3 is 51.4 Å². The van der Waals surface area contributed by atoms with E-state index in [2.05, 4.69) is 0 Å². The van der Waals surface area contributed by atoms with Gasteiger partial charge < -0.3 is 5.21 Å². The van der Waals surface area contributed by atoms with Gasteiger partial charge in [0, 0.05) is 0 Å². The van der Waals surface area contributed by atoms with Crippen molar-refractivity contribution < 1.29 is 5.21 Å². The Labute approximate surface area is 65.7 Å². The summed E-state index contributed by atoms with van der Waals surface area (Å²) in [4.78, 5) is 8.11. The number of rotatable bonds is 0. The molecule has 0 radical (unpaired) electrons. The van der Waals surface area contributed by atoms with E-state index in [4.69, 9.17) is 10.1 Å². The first-order valence-corrected chi connectivity index (χ1v) is 0.383. The molecular formula is H2KNO2. The molecule has 0 saturated heterocycles. The third-order valence-corrected chi connectivity index (χ3v) is 0. The van der Waals surface area contributed by atoms with Gasteiger partial charge in [0.05, 0.1) is 0 Å². The molecule has 1 N–H and O–H groups in total. The second kappa shape index (κ2) is 8.97. The molecule has 0 aromatic rings. The first kappa shape index (κ1) is 8.90. The molecule has 0 bridgehead atoms. The SMILES string of the molecule is O=NO.[KH]. The van der Waals surface area contributed by atoms with Crippen LogP contribution in [0.5, 0.6) is 0 Å². The molecule has 20 valence electrons. The van der Waals surface area contributed by atoms with Gasteiger partial charge in [-0.1, -0.05) is 0 Å². The molecule has 0 aromatic carbocycles. The van der Waals surface area contributed by atoms with Gasteiger partial charge in [-0.25, -0.2) is 0 Å². The van der Waals surface area contributed by atoms with Crippen molar-refractivity contribution in [1.82, 2.24) is 0 Å². The fraction of sp³-hybridized carbons (Fsp3) is 0. The van der Waals surface area contributed by atoms with Crippen molar-refractivity contribution in [3.05, 3.63) is 4.91 Å². The summed E-state index contributed by atoms with van der Waals surface area (Å²) in [5.74, 6) is 0. The second-order valence-electron chi connectivity index (χ2n) is 0.0816. The molecule has 4 heavy (non-hydrogen) atoms. The van der Waals surface area contributed by atoms with Gasteiger partial charge in [-0.3, -0.25) is 0 Å². The van der Waals surface area contributed by atoms with E-state index in [1.54, 1.807) is 0 Å². The molecule has 0 saturated carbocycles. The fourth-order valence-electron chi connectivity index (χ4n) is 0. The number of hydrogen-bond donors (Lipinski definition) is 1. The van der Waals surface area contributed by atoms with Crippen LogP contribution in [-0.2, 0) is 0 Å². The average Bonchev–Trinajstić information content (AvgIpc) is 0.918. The first-order valence-electron chi connectivity index (χ1n) is 0.383. The van der Waals surface area contributed by atoms with Crippen LogP contribution in [0.2, 0.25) is 0 Å². The van der Waals surface area contributed by atoms with Crippen molar-refractivity contribution in [2.75, 3.05) is 0 Å². The van der Waals surface area contributed by atoms with E-state index < -0.39 is 0 Å². The number of hydrogen-bond acceptors (Lipinski definition) is 2. The predicted molar refractivity (Wildman–Crippen MR) is 14.7 cm³/mol. The molecule has 0 aromatic heterocycles. The maximum atomic E-state index is 8.11. The van der Waals surface area contributed by atoms with Crippen molar-refractivity contribution >= 4 is 51.4 Å². The Morgan fingerprint density at radius 2 is 1.75 bits per heavy atom. The Hall–Kier alpha value is 1.04. The Kier molecular flexibility index (Phi) is 20.0. The van der Waals surface area contributed by atoms with Crippen molar-refractivity contribution in [3.8, 4) is 0 Å². The summed E-state index contributed by atoms with van der Waals surface area (Å²) in [5, 5.41) is 7.89. The second-order valence-corrected chi connectivity index (χ2v) is 0.0816. The fourth-order valence-corrected chi connectivity index (χ4v) is 0. The van der Waals surface area contributed by atoms with Crippen LogP contribution in [0.1, 0.15) is 0 Å². The van der Waals surface area contributed by atoms with Gasteiger partial charge in [0.2, 0.25) is 0 Å². The standard InChI is InChI=1S/K.HNO2.H/c;2-1-3;/h;(H,2,3);. The topological polar surface area (TPSA) is 49.7 Å². The summed E-state index contributed by atoms with van der Waals surface area (Å²) < 4.78 is 0. The third-order valence-electron chi connectivity index (χ3n) is 0. The summed E-state index contributed by atoms with van der Waals surface area (Å²) in [5.41, 5.74) is 0. The maximum absolute atomic E-state index is 8.11. The Morgan fingerprint density at radius 3 is 1.75 bits per heavy atom. The third kappa shape index (κ3) is 11.7. The van der Waals surface area contributed by atoms with Crippen molar-refractivity contribution in [2.45, 2.75) is 0 Å². The van der Waals surface area contributed by atoms with Gasteiger partial charge in [0.15, 0.2) is 5.34 Å². The zero-order valence-electron chi connectivity index (χ0n) is 1.30. The van der Waals surface area contributed by atoms with Crippen molar-refractivity contribution in [1.29, 1.82) is 0 Å². The zero-order chi connectivity index (χ0) is 2.71. The van der Waals surface area contributed by atoms with E-state index >= 15 is 0 Å². The molecule has 0 aliphatic carbocycles. The monoisotopic (exact) mass is 87.0 g/mol. The molecule has 0 fully saturated rings. The molecular weight excluding hydrogens is 85.1 g/mol. The summed E-state index contributed by atoms with van der Waals surface area (Å²) in [7, 11) is 0. The molecule has 0 aliphatic rings. The average molecular weight is 87.1 g/mol. The van der Waals surface area contributed by atoms with Crippen LogP contribution < -0.4 is 0 Å². The van der Waals surface area contributed by atoms with Crippen molar-refractivity contribution in [3.63, 3.8) is 0 Å².